The maximum atomic E-state index is 12.2. The van der Waals surface area contributed by atoms with Gasteiger partial charge in [-0.05, 0) is 38.1 Å². The molecule has 1 heterocycles. The molecule has 8 heteroatoms. The van der Waals surface area contributed by atoms with E-state index >= 15 is 0 Å². The van der Waals surface area contributed by atoms with E-state index in [4.69, 9.17) is 5.73 Å². The molecule has 21 heavy (non-hydrogen) atoms. The summed E-state index contributed by atoms with van der Waals surface area (Å²) >= 11 is 0. The van der Waals surface area contributed by atoms with E-state index in [0.29, 0.717) is 23.6 Å². The highest BCUT2D eigenvalue weighted by atomic mass is 32.2. The summed E-state index contributed by atoms with van der Waals surface area (Å²) in [6.45, 7) is 4.28. The number of carbonyl (C=O) groups excluding carboxylic acids is 1. The van der Waals surface area contributed by atoms with Gasteiger partial charge in [-0.3, -0.25) is 9.52 Å². The van der Waals surface area contributed by atoms with Crippen LogP contribution in [0.15, 0.2) is 35.5 Å². The van der Waals surface area contributed by atoms with Crippen LogP contribution in [0.1, 0.15) is 23.1 Å². The molecule has 0 radical (unpaired) electrons. The third kappa shape index (κ3) is 3.22. The molecule has 0 unspecified atom stereocenters. The van der Waals surface area contributed by atoms with Gasteiger partial charge in [0.15, 0.2) is 5.03 Å². The molecule has 0 spiro atoms. The molecule has 1 aromatic heterocycles. The predicted molar refractivity (Wildman–Crippen MR) is 78.4 cm³/mol. The number of nitrogens with one attached hydrogen (secondary N) is 1. The Morgan fingerprint density at radius 1 is 1.33 bits per heavy atom. The molecule has 2 aromatic rings. The summed E-state index contributed by atoms with van der Waals surface area (Å²) in [6, 6.07) is 5.86. The first kappa shape index (κ1) is 15.0. The number of carbonyl (C=O) groups is 1. The molecule has 0 saturated heterocycles. The van der Waals surface area contributed by atoms with Crippen LogP contribution in [-0.4, -0.2) is 23.9 Å². The summed E-state index contributed by atoms with van der Waals surface area (Å²) in [5.74, 6) is 0.0590. The number of aryl methyl sites for hydroxylation is 2. The highest BCUT2D eigenvalue weighted by Gasteiger charge is 2.19. The van der Waals surface area contributed by atoms with Gasteiger partial charge in [-0.2, -0.15) is 8.42 Å². The molecule has 1 amide bonds. The van der Waals surface area contributed by atoms with Crippen LogP contribution in [0.5, 0.6) is 0 Å². The second-order valence-corrected chi connectivity index (χ2v) is 6.09. The standard InChI is InChI=1S/C13H16N4O3S/c1-3-17-8-12(15-9(17)2)21(19,20)16-11-6-4-10(5-7-11)13(14)18/h4-8,16H,3H2,1-2H3,(H2,14,18). The van der Waals surface area contributed by atoms with Gasteiger partial charge in [0.05, 0.1) is 0 Å². The number of nitrogens with two attached hydrogens (primary N) is 1. The summed E-state index contributed by atoms with van der Waals surface area (Å²) in [4.78, 5) is 15.0. The zero-order chi connectivity index (χ0) is 15.6. The SMILES string of the molecule is CCn1cc(S(=O)(=O)Nc2ccc(C(N)=O)cc2)nc1C. The number of amides is 1. The Balaban J connectivity index is 2.26. The van der Waals surface area contributed by atoms with Gasteiger partial charge in [0.25, 0.3) is 10.0 Å². The lowest BCUT2D eigenvalue weighted by molar-refractivity contribution is 0.100. The van der Waals surface area contributed by atoms with E-state index in [2.05, 4.69) is 9.71 Å². The first-order chi connectivity index (χ1) is 9.83. The summed E-state index contributed by atoms with van der Waals surface area (Å²) in [5.41, 5.74) is 5.77. The van der Waals surface area contributed by atoms with Gasteiger partial charge < -0.3 is 10.3 Å². The number of hydrogen-bond donors (Lipinski definition) is 2. The maximum Gasteiger partial charge on any atom is 0.280 e. The minimum absolute atomic E-state index is 0.0409. The van der Waals surface area contributed by atoms with E-state index in [1.165, 1.54) is 30.5 Å². The predicted octanol–water partition coefficient (Wildman–Crippen LogP) is 1.11. The van der Waals surface area contributed by atoms with Crippen molar-refractivity contribution >= 4 is 21.6 Å². The molecule has 0 fully saturated rings. The van der Waals surface area contributed by atoms with Gasteiger partial charge in [0, 0.05) is 24.0 Å². The minimum Gasteiger partial charge on any atom is -0.366 e. The van der Waals surface area contributed by atoms with Crippen LogP contribution in [0.2, 0.25) is 0 Å². The number of imidazole rings is 1. The lowest BCUT2D eigenvalue weighted by Gasteiger charge is -2.06. The topological polar surface area (TPSA) is 107 Å². The molecule has 0 bridgehead atoms. The normalized spacial score (nSPS) is 11.3. The highest BCUT2D eigenvalue weighted by Crippen LogP contribution is 2.16. The average Bonchev–Trinajstić information content (AvgIpc) is 2.81. The quantitative estimate of drug-likeness (QED) is 0.862. The molecule has 2 rings (SSSR count). The van der Waals surface area contributed by atoms with Crippen LogP contribution >= 0.6 is 0 Å². The number of benzene rings is 1. The van der Waals surface area contributed by atoms with Crippen LogP contribution in [0.3, 0.4) is 0 Å². The van der Waals surface area contributed by atoms with Gasteiger partial charge in [0.2, 0.25) is 5.91 Å². The van der Waals surface area contributed by atoms with Crippen LogP contribution < -0.4 is 10.5 Å². The highest BCUT2D eigenvalue weighted by molar-refractivity contribution is 7.92. The van der Waals surface area contributed by atoms with Crippen molar-refractivity contribution in [3.63, 3.8) is 0 Å². The Hall–Kier alpha value is -2.35. The number of primary amides is 1. The molecule has 3 N–H and O–H groups in total. The van der Waals surface area contributed by atoms with Crippen molar-refractivity contribution in [2.24, 2.45) is 5.73 Å². The van der Waals surface area contributed by atoms with Gasteiger partial charge in [-0.1, -0.05) is 0 Å². The van der Waals surface area contributed by atoms with Crippen molar-refractivity contribution < 1.29 is 13.2 Å². The number of anilines is 1. The smallest absolute Gasteiger partial charge is 0.280 e. The fourth-order valence-electron chi connectivity index (χ4n) is 1.84. The molecular formula is C13H16N4O3S. The van der Waals surface area contributed by atoms with Crippen molar-refractivity contribution in [2.45, 2.75) is 25.4 Å². The monoisotopic (exact) mass is 308 g/mol. The van der Waals surface area contributed by atoms with E-state index in [9.17, 15) is 13.2 Å². The van der Waals surface area contributed by atoms with Crippen molar-refractivity contribution in [1.29, 1.82) is 0 Å². The van der Waals surface area contributed by atoms with Crippen LogP contribution in [0.4, 0.5) is 5.69 Å². The van der Waals surface area contributed by atoms with Gasteiger partial charge in [-0.25, -0.2) is 4.98 Å². The van der Waals surface area contributed by atoms with Crippen LogP contribution in [0.25, 0.3) is 0 Å². The number of sulfonamides is 1. The molecule has 0 aliphatic carbocycles. The molecule has 0 saturated carbocycles. The summed E-state index contributed by atoms with van der Waals surface area (Å²) in [6.07, 6.45) is 1.48. The Labute approximate surface area is 122 Å². The van der Waals surface area contributed by atoms with E-state index in [1.54, 1.807) is 11.5 Å². The molecule has 0 aliphatic rings. The summed E-state index contributed by atoms with van der Waals surface area (Å²) < 4.78 is 28.6. The third-order valence-electron chi connectivity index (χ3n) is 2.99. The Morgan fingerprint density at radius 3 is 2.43 bits per heavy atom. The number of nitrogens with zero attached hydrogens (tertiary/aromatic N) is 2. The molecule has 1 aromatic carbocycles. The van der Waals surface area contributed by atoms with Crippen molar-refractivity contribution in [1.82, 2.24) is 9.55 Å². The summed E-state index contributed by atoms with van der Waals surface area (Å²) in [7, 11) is -3.76. The van der Waals surface area contributed by atoms with Crippen molar-refractivity contribution in [3.05, 3.63) is 41.9 Å². The number of rotatable bonds is 5. The van der Waals surface area contributed by atoms with Gasteiger partial charge in [-0.15, -0.1) is 0 Å². The Kier molecular flexibility index (Phi) is 3.99. The lowest BCUT2D eigenvalue weighted by atomic mass is 10.2. The zero-order valence-corrected chi connectivity index (χ0v) is 12.5. The minimum atomic E-state index is -3.76. The third-order valence-corrected chi connectivity index (χ3v) is 4.24. The van der Waals surface area contributed by atoms with Gasteiger partial charge in [0.1, 0.15) is 5.82 Å². The molecule has 0 aliphatic heterocycles. The maximum absolute atomic E-state index is 12.2. The van der Waals surface area contributed by atoms with Crippen LogP contribution in [-0.2, 0) is 16.6 Å². The molecule has 0 atom stereocenters. The Morgan fingerprint density at radius 2 is 1.95 bits per heavy atom. The molecule has 112 valence electrons. The molecular weight excluding hydrogens is 292 g/mol. The van der Waals surface area contributed by atoms with Crippen molar-refractivity contribution in [2.75, 3.05) is 4.72 Å². The van der Waals surface area contributed by atoms with Crippen molar-refractivity contribution in [3.8, 4) is 0 Å². The summed E-state index contributed by atoms with van der Waals surface area (Å²) in [5, 5.41) is -0.0409. The van der Waals surface area contributed by atoms with E-state index in [0.717, 1.165) is 0 Å². The largest absolute Gasteiger partial charge is 0.366 e. The molecule has 7 nitrogen and oxygen atoms in total. The second kappa shape index (κ2) is 5.57. The first-order valence-electron chi connectivity index (χ1n) is 6.30. The second-order valence-electron chi connectivity index (χ2n) is 4.46. The average molecular weight is 308 g/mol. The van der Waals surface area contributed by atoms with Crippen LogP contribution in [0, 0.1) is 6.92 Å². The number of hydrogen-bond acceptors (Lipinski definition) is 4. The van der Waals surface area contributed by atoms with E-state index in [1.807, 2.05) is 6.92 Å². The fraction of sp³-hybridized carbons (Fsp3) is 0.231. The van der Waals surface area contributed by atoms with Gasteiger partial charge >= 0.3 is 0 Å². The van der Waals surface area contributed by atoms with E-state index in [-0.39, 0.29) is 5.03 Å². The fourth-order valence-corrected chi connectivity index (χ4v) is 2.91. The first-order valence-corrected chi connectivity index (χ1v) is 7.78. The van der Waals surface area contributed by atoms with E-state index < -0.39 is 15.9 Å². The lowest BCUT2D eigenvalue weighted by Crippen LogP contribution is -2.14. The number of aromatic nitrogens is 2. The Bertz CT molecular complexity index is 763. The zero-order valence-electron chi connectivity index (χ0n) is 11.7.